The fourth-order valence-corrected chi connectivity index (χ4v) is 2.20. The molecule has 1 heterocycles. The van der Waals surface area contributed by atoms with Crippen LogP contribution in [0.25, 0.3) is 0 Å². The van der Waals surface area contributed by atoms with Crippen molar-refractivity contribution >= 4 is 0 Å². The first kappa shape index (κ1) is 15.4. The zero-order valence-electron chi connectivity index (χ0n) is 13.1. The quantitative estimate of drug-likeness (QED) is 0.794. The van der Waals surface area contributed by atoms with E-state index in [4.69, 9.17) is 9.47 Å². The van der Waals surface area contributed by atoms with Crippen LogP contribution in [0.2, 0.25) is 0 Å². The number of hydrogen-bond acceptors (Lipinski definition) is 4. The van der Waals surface area contributed by atoms with E-state index in [1.807, 2.05) is 42.9 Å². The number of rotatable bonds is 7. The van der Waals surface area contributed by atoms with Gasteiger partial charge in [0, 0.05) is 31.4 Å². The van der Waals surface area contributed by atoms with Gasteiger partial charge in [0.25, 0.3) is 0 Å². The summed E-state index contributed by atoms with van der Waals surface area (Å²) in [5, 5.41) is 7.79. The Kier molecular flexibility index (Phi) is 5.22. The average molecular weight is 289 g/mol. The first-order valence-corrected chi connectivity index (χ1v) is 7.08. The molecule has 5 heteroatoms. The summed E-state index contributed by atoms with van der Waals surface area (Å²) in [6.07, 6.45) is 0. The summed E-state index contributed by atoms with van der Waals surface area (Å²) in [7, 11) is 3.63. The molecule has 0 spiro atoms. The van der Waals surface area contributed by atoms with E-state index in [0.29, 0.717) is 6.61 Å². The van der Waals surface area contributed by atoms with E-state index in [2.05, 4.69) is 17.3 Å². The van der Waals surface area contributed by atoms with Crippen LogP contribution in [0, 0.1) is 13.8 Å². The predicted molar refractivity (Wildman–Crippen MR) is 82.9 cm³/mol. The first-order valence-electron chi connectivity index (χ1n) is 7.08. The largest absolute Gasteiger partial charge is 0.497 e. The van der Waals surface area contributed by atoms with E-state index in [9.17, 15) is 0 Å². The van der Waals surface area contributed by atoms with Crippen molar-refractivity contribution in [3.05, 3.63) is 41.2 Å². The number of ether oxygens (including phenoxy) is 2. The fraction of sp³-hybridized carbons (Fsp3) is 0.438. The van der Waals surface area contributed by atoms with Crippen LogP contribution in [0.15, 0.2) is 24.3 Å². The third-order valence-electron chi connectivity index (χ3n) is 3.57. The number of nitrogens with zero attached hydrogens (tertiary/aromatic N) is 2. The third-order valence-corrected chi connectivity index (χ3v) is 3.57. The number of hydrogen-bond donors (Lipinski definition) is 1. The molecule has 0 atom stereocenters. The van der Waals surface area contributed by atoms with Gasteiger partial charge in [0.05, 0.1) is 12.8 Å². The van der Waals surface area contributed by atoms with E-state index >= 15 is 0 Å². The Labute approximate surface area is 125 Å². The summed E-state index contributed by atoms with van der Waals surface area (Å²) in [4.78, 5) is 0. The molecule has 1 aromatic carbocycles. The summed E-state index contributed by atoms with van der Waals surface area (Å²) in [5.41, 5.74) is 3.55. The lowest BCUT2D eigenvalue weighted by molar-refractivity contribution is 0.313. The SMILES string of the molecule is COc1ccc(OCCNCc2c(C)nn(C)c2C)cc1. The van der Waals surface area contributed by atoms with Gasteiger partial charge in [-0.25, -0.2) is 0 Å². The molecule has 2 rings (SSSR count). The molecule has 0 fully saturated rings. The first-order chi connectivity index (χ1) is 10.1. The lowest BCUT2D eigenvalue weighted by atomic mass is 10.2. The Balaban J connectivity index is 1.72. The topological polar surface area (TPSA) is 48.3 Å². The number of aryl methyl sites for hydroxylation is 2. The molecule has 0 radical (unpaired) electrons. The highest BCUT2D eigenvalue weighted by molar-refractivity contribution is 5.31. The van der Waals surface area contributed by atoms with Gasteiger partial charge in [-0.05, 0) is 38.1 Å². The number of methoxy groups -OCH3 is 1. The minimum atomic E-state index is 0.630. The number of nitrogens with one attached hydrogen (secondary N) is 1. The van der Waals surface area contributed by atoms with Crippen molar-refractivity contribution in [2.45, 2.75) is 20.4 Å². The highest BCUT2D eigenvalue weighted by atomic mass is 16.5. The van der Waals surface area contributed by atoms with Gasteiger partial charge in [0.2, 0.25) is 0 Å². The molecule has 0 saturated heterocycles. The van der Waals surface area contributed by atoms with Gasteiger partial charge in [-0.3, -0.25) is 4.68 Å². The highest BCUT2D eigenvalue weighted by Gasteiger charge is 2.08. The molecule has 114 valence electrons. The van der Waals surface area contributed by atoms with Crippen LogP contribution in [0.5, 0.6) is 11.5 Å². The van der Waals surface area contributed by atoms with E-state index in [-0.39, 0.29) is 0 Å². The highest BCUT2D eigenvalue weighted by Crippen LogP contribution is 2.16. The maximum absolute atomic E-state index is 5.67. The summed E-state index contributed by atoms with van der Waals surface area (Å²) < 4.78 is 12.7. The van der Waals surface area contributed by atoms with E-state index < -0.39 is 0 Å². The Hall–Kier alpha value is -2.01. The van der Waals surface area contributed by atoms with Crippen molar-refractivity contribution in [1.82, 2.24) is 15.1 Å². The molecule has 0 saturated carbocycles. The van der Waals surface area contributed by atoms with Crippen LogP contribution in [0.3, 0.4) is 0 Å². The van der Waals surface area contributed by atoms with Crippen molar-refractivity contribution in [3.8, 4) is 11.5 Å². The van der Waals surface area contributed by atoms with E-state index in [1.165, 1.54) is 11.3 Å². The Morgan fingerprint density at radius 3 is 2.38 bits per heavy atom. The van der Waals surface area contributed by atoms with Crippen LogP contribution in [0.1, 0.15) is 17.0 Å². The number of aromatic nitrogens is 2. The van der Waals surface area contributed by atoms with Crippen molar-refractivity contribution in [2.24, 2.45) is 7.05 Å². The van der Waals surface area contributed by atoms with Crippen molar-refractivity contribution in [3.63, 3.8) is 0 Å². The van der Waals surface area contributed by atoms with Crippen LogP contribution < -0.4 is 14.8 Å². The second-order valence-corrected chi connectivity index (χ2v) is 4.97. The molecule has 0 amide bonds. The zero-order chi connectivity index (χ0) is 15.2. The van der Waals surface area contributed by atoms with Gasteiger partial charge in [-0.2, -0.15) is 5.10 Å². The molecule has 0 unspecified atom stereocenters. The van der Waals surface area contributed by atoms with E-state index in [0.717, 1.165) is 30.3 Å². The zero-order valence-corrected chi connectivity index (χ0v) is 13.1. The Bertz CT molecular complexity index is 576. The van der Waals surface area contributed by atoms with Crippen LogP contribution >= 0.6 is 0 Å². The van der Waals surface area contributed by atoms with Gasteiger partial charge in [-0.1, -0.05) is 0 Å². The third kappa shape index (κ3) is 3.98. The lowest BCUT2D eigenvalue weighted by Gasteiger charge is -2.08. The number of benzene rings is 1. The second kappa shape index (κ2) is 7.13. The van der Waals surface area contributed by atoms with Crippen molar-refractivity contribution < 1.29 is 9.47 Å². The van der Waals surface area contributed by atoms with Gasteiger partial charge in [0.15, 0.2) is 0 Å². The molecule has 1 N–H and O–H groups in total. The molecule has 1 aromatic heterocycles. The smallest absolute Gasteiger partial charge is 0.119 e. The van der Waals surface area contributed by atoms with Gasteiger partial charge in [0.1, 0.15) is 18.1 Å². The van der Waals surface area contributed by atoms with Gasteiger partial charge >= 0.3 is 0 Å². The van der Waals surface area contributed by atoms with Gasteiger partial charge in [-0.15, -0.1) is 0 Å². The maximum Gasteiger partial charge on any atom is 0.119 e. The van der Waals surface area contributed by atoms with Gasteiger partial charge < -0.3 is 14.8 Å². The Morgan fingerprint density at radius 1 is 1.14 bits per heavy atom. The molecular formula is C16H23N3O2. The molecule has 21 heavy (non-hydrogen) atoms. The Morgan fingerprint density at radius 2 is 1.81 bits per heavy atom. The maximum atomic E-state index is 5.67. The normalized spacial score (nSPS) is 10.7. The standard InChI is InChI=1S/C16H23N3O2/c1-12-16(13(2)19(3)18-12)11-17-9-10-21-15-7-5-14(20-4)6-8-15/h5-8,17H,9-11H2,1-4H3. The average Bonchev–Trinajstić information content (AvgIpc) is 2.73. The molecule has 0 aliphatic heterocycles. The minimum absolute atomic E-state index is 0.630. The predicted octanol–water partition coefficient (Wildman–Crippen LogP) is 2.21. The summed E-state index contributed by atoms with van der Waals surface area (Å²) in [6.45, 7) is 6.37. The summed E-state index contributed by atoms with van der Waals surface area (Å²) in [6, 6.07) is 7.61. The molecule has 5 nitrogen and oxygen atoms in total. The molecule has 2 aromatic rings. The molecule has 0 aliphatic rings. The molecule has 0 bridgehead atoms. The molecular weight excluding hydrogens is 266 g/mol. The van der Waals surface area contributed by atoms with Crippen molar-refractivity contribution in [2.75, 3.05) is 20.3 Å². The summed E-state index contributed by atoms with van der Waals surface area (Å²) in [5.74, 6) is 1.69. The van der Waals surface area contributed by atoms with Crippen molar-refractivity contribution in [1.29, 1.82) is 0 Å². The fourth-order valence-electron chi connectivity index (χ4n) is 2.20. The second-order valence-electron chi connectivity index (χ2n) is 4.97. The summed E-state index contributed by atoms with van der Waals surface area (Å²) >= 11 is 0. The minimum Gasteiger partial charge on any atom is -0.497 e. The molecule has 0 aliphatic carbocycles. The lowest BCUT2D eigenvalue weighted by Crippen LogP contribution is -2.21. The van der Waals surface area contributed by atoms with E-state index in [1.54, 1.807) is 7.11 Å². The van der Waals surface area contributed by atoms with Crippen LogP contribution in [-0.2, 0) is 13.6 Å². The monoisotopic (exact) mass is 289 g/mol. The van der Waals surface area contributed by atoms with Crippen LogP contribution in [0.4, 0.5) is 0 Å². The van der Waals surface area contributed by atoms with Crippen LogP contribution in [-0.4, -0.2) is 30.0 Å².